The number of halogens is 1. The van der Waals surface area contributed by atoms with Crippen LogP contribution in [0.1, 0.15) is 10.5 Å². The lowest BCUT2D eigenvalue weighted by molar-refractivity contribution is 0.102. The van der Waals surface area contributed by atoms with Crippen LogP contribution in [0.15, 0.2) is 41.8 Å². The predicted octanol–water partition coefficient (Wildman–Crippen LogP) is 4.27. The van der Waals surface area contributed by atoms with Crippen LogP contribution in [0, 0.1) is 0 Å². The molecule has 1 aromatic heterocycles. The van der Waals surface area contributed by atoms with Crippen molar-refractivity contribution in [3.8, 4) is 11.5 Å². The van der Waals surface area contributed by atoms with E-state index >= 15 is 0 Å². The van der Waals surface area contributed by atoms with Crippen LogP contribution in [-0.4, -0.2) is 34.8 Å². The average molecular weight is 450 g/mol. The maximum atomic E-state index is 12.0. The molecular weight excluding hydrogens is 434 g/mol. The molecule has 0 radical (unpaired) electrons. The number of nitrogens with one attached hydrogen (secondary N) is 3. The molecule has 0 saturated heterocycles. The van der Waals surface area contributed by atoms with Gasteiger partial charge >= 0.3 is 0 Å². The van der Waals surface area contributed by atoms with Crippen molar-refractivity contribution in [1.82, 2.24) is 9.59 Å². The first-order chi connectivity index (χ1) is 14.0. The Morgan fingerprint density at radius 3 is 2.28 bits per heavy atom. The van der Waals surface area contributed by atoms with Gasteiger partial charge < -0.3 is 25.4 Å². The van der Waals surface area contributed by atoms with E-state index in [1.807, 2.05) is 0 Å². The molecule has 0 aliphatic rings. The van der Waals surface area contributed by atoms with Gasteiger partial charge in [0.1, 0.15) is 11.5 Å². The van der Waals surface area contributed by atoms with Crippen molar-refractivity contribution in [3.05, 3.63) is 52.5 Å². The van der Waals surface area contributed by atoms with Crippen LogP contribution < -0.4 is 25.4 Å². The van der Waals surface area contributed by atoms with Crippen molar-refractivity contribution in [2.24, 2.45) is 0 Å². The highest BCUT2D eigenvalue weighted by Crippen LogP contribution is 2.36. The first-order valence-electron chi connectivity index (χ1n) is 8.18. The fourth-order valence-electron chi connectivity index (χ4n) is 2.34. The number of amides is 1. The molecule has 0 unspecified atom stereocenters. The number of benzene rings is 2. The van der Waals surface area contributed by atoms with E-state index in [1.165, 1.54) is 7.11 Å². The lowest BCUT2D eigenvalue weighted by atomic mass is 10.2. The van der Waals surface area contributed by atoms with E-state index in [1.54, 1.807) is 48.9 Å². The Bertz CT molecular complexity index is 1010. The van der Waals surface area contributed by atoms with Gasteiger partial charge in [0, 0.05) is 22.8 Å². The minimum absolute atomic E-state index is 0.273. The van der Waals surface area contributed by atoms with E-state index < -0.39 is 0 Å². The van der Waals surface area contributed by atoms with E-state index in [0.29, 0.717) is 33.0 Å². The van der Waals surface area contributed by atoms with Gasteiger partial charge in [-0.15, -0.1) is 5.10 Å². The molecule has 0 atom stereocenters. The molecule has 0 saturated carbocycles. The summed E-state index contributed by atoms with van der Waals surface area (Å²) >= 11 is 12.6. The van der Waals surface area contributed by atoms with E-state index in [2.05, 4.69) is 25.5 Å². The summed E-state index contributed by atoms with van der Waals surface area (Å²) in [7, 11) is 3.07. The summed E-state index contributed by atoms with van der Waals surface area (Å²) in [6.45, 7) is 0. The highest BCUT2D eigenvalue weighted by Gasteiger charge is 2.12. The summed E-state index contributed by atoms with van der Waals surface area (Å²) in [6, 6.07) is 10.4. The van der Waals surface area contributed by atoms with Crippen LogP contribution >= 0.6 is 35.4 Å². The van der Waals surface area contributed by atoms with Crippen LogP contribution in [0.2, 0.25) is 5.02 Å². The highest BCUT2D eigenvalue weighted by molar-refractivity contribution is 7.80. The number of hydrogen-bond donors (Lipinski definition) is 3. The highest BCUT2D eigenvalue weighted by atomic mass is 35.5. The number of methoxy groups -OCH3 is 2. The zero-order chi connectivity index (χ0) is 20.8. The van der Waals surface area contributed by atoms with Gasteiger partial charge in [0.2, 0.25) is 0 Å². The Kier molecular flexibility index (Phi) is 6.81. The molecule has 150 valence electrons. The van der Waals surface area contributed by atoms with Gasteiger partial charge in [-0.1, -0.05) is 16.1 Å². The van der Waals surface area contributed by atoms with Gasteiger partial charge in [-0.2, -0.15) is 0 Å². The second-order valence-electron chi connectivity index (χ2n) is 5.59. The van der Waals surface area contributed by atoms with Crippen LogP contribution in [0.25, 0.3) is 0 Å². The Morgan fingerprint density at radius 1 is 1.03 bits per heavy atom. The van der Waals surface area contributed by atoms with Crippen molar-refractivity contribution in [3.63, 3.8) is 0 Å². The third-order valence-electron chi connectivity index (χ3n) is 3.72. The fourth-order valence-corrected chi connectivity index (χ4v) is 3.24. The minimum atomic E-state index is -0.319. The number of carbonyl (C=O) groups is 1. The molecule has 1 amide bonds. The molecule has 3 rings (SSSR count). The lowest BCUT2D eigenvalue weighted by Crippen LogP contribution is -2.19. The first kappa shape index (κ1) is 20.8. The molecule has 0 fully saturated rings. The number of anilines is 3. The monoisotopic (exact) mass is 449 g/mol. The maximum Gasteiger partial charge on any atom is 0.277 e. The maximum absolute atomic E-state index is 12.0. The van der Waals surface area contributed by atoms with Gasteiger partial charge in [0.15, 0.2) is 10.8 Å². The summed E-state index contributed by atoms with van der Waals surface area (Å²) < 4.78 is 14.2. The molecule has 1 heterocycles. The normalized spacial score (nSPS) is 10.2. The van der Waals surface area contributed by atoms with Crippen LogP contribution in [-0.2, 0) is 0 Å². The van der Waals surface area contributed by atoms with Crippen molar-refractivity contribution >= 4 is 63.4 Å². The number of aromatic nitrogens is 2. The smallest absolute Gasteiger partial charge is 0.277 e. The number of nitrogens with zero attached hydrogens (tertiary/aromatic N) is 2. The zero-order valence-electron chi connectivity index (χ0n) is 15.4. The van der Waals surface area contributed by atoms with Crippen molar-refractivity contribution < 1.29 is 14.3 Å². The quantitative estimate of drug-likeness (QED) is 0.480. The Morgan fingerprint density at radius 2 is 1.69 bits per heavy atom. The Balaban J connectivity index is 1.62. The molecule has 0 bridgehead atoms. The summed E-state index contributed by atoms with van der Waals surface area (Å²) in [5, 5.41) is 14.9. The predicted molar refractivity (Wildman–Crippen MR) is 119 cm³/mol. The second kappa shape index (κ2) is 9.50. The van der Waals surface area contributed by atoms with Crippen molar-refractivity contribution in [1.29, 1.82) is 0 Å². The minimum Gasteiger partial charge on any atom is -0.495 e. The van der Waals surface area contributed by atoms with Crippen LogP contribution in [0.5, 0.6) is 11.5 Å². The second-order valence-corrected chi connectivity index (χ2v) is 7.01. The number of thiocarbonyl (C=S) groups is 1. The van der Waals surface area contributed by atoms with E-state index in [9.17, 15) is 4.79 Å². The first-order valence-corrected chi connectivity index (χ1v) is 9.80. The molecule has 3 N–H and O–H groups in total. The summed E-state index contributed by atoms with van der Waals surface area (Å²) in [6.07, 6.45) is 0. The third kappa shape index (κ3) is 5.31. The fraction of sp³-hybridized carbons (Fsp3) is 0.111. The number of rotatable bonds is 6. The third-order valence-corrected chi connectivity index (χ3v) is 4.72. The zero-order valence-corrected chi connectivity index (χ0v) is 17.7. The van der Waals surface area contributed by atoms with Crippen LogP contribution in [0.3, 0.4) is 0 Å². The summed E-state index contributed by atoms with van der Waals surface area (Å²) in [5.74, 6) is 0.712. The molecule has 3 aromatic rings. The largest absolute Gasteiger partial charge is 0.495 e. The van der Waals surface area contributed by atoms with Gasteiger partial charge in [-0.25, -0.2) is 0 Å². The number of carbonyl (C=O) groups excluding carboxylic acids is 1. The SMILES string of the molecule is COc1cc(OC)c(NC(=S)Nc2ccc(NC(=O)c3csnn3)cc2)cc1Cl. The lowest BCUT2D eigenvalue weighted by Gasteiger charge is -2.15. The molecule has 0 spiro atoms. The van der Waals surface area contributed by atoms with Crippen molar-refractivity contribution in [2.45, 2.75) is 0 Å². The summed E-state index contributed by atoms with van der Waals surface area (Å²) in [4.78, 5) is 12.0. The molecule has 0 aliphatic heterocycles. The average Bonchev–Trinajstić information content (AvgIpc) is 3.25. The number of ether oxygens (including phenoxy) is 2. The topological polar surface area (TPSA) is 97.4 Å². The van der Waals surface area contributed by atoms with E-state index in [0.717, 1.165) is 17.2 Å². The van der Waals surface area contributed by atoms with E-state index in [4.69, 9.17) is 33.3 Å². The van der Waals surface area contributed by atoms with Gasteiger partial charge in [0.25, 0.3) is 5.91 Å². The Hall–Kier alpha value is -2.95. The summed E-state index contributed by atoms with van der Waals surface area (Å²) in [5.41, 5.74) is 2.22. The molecule has 29 heavy (non-hydrogen) atoms. The molecule has 2 aromatic carbocycles. The Labute approximate surface area is 181 Å². The van der Waals surface area contributed by atoms with Crippen LogP contribution in [0.4, 0.5) is 17.1 Å². The molecule has 0 aliphatic carbocycles. The van der Waals surface area contributed by atoms with Crippen molar-refractivity contribution in [2.75, 3.05) is 30.2 Å². The number of hydrogen-bond acceptors (Lipinski definition) is 7. The van der Waals surface area contributed by atoms with Gasteiger partial charge in [0.05, 0.1) is 24.9 Å². The van der Waals surface area contributed by atoms with Gasteiger partial charge in [-0.3, -0.25) is 4.79 Å². The molecule has 11 heteroatoms. The molecule has 8 nitrogen and oxygen atoms in total. The van der Waals surface area contributed by atoms with Gasteiger partial charge in [-0.05, 0) is 54.1 Å². The van der Waals surface area contributed by atoms with E-state index in [-0.39, 0.29) is 11.6 Å². The molecular formula is C18H16ClN5O3S2. The standard InChI is InChI=1S/C18H16ClN5O3S2/c1-26-15-8-16(27-2)13(7-12(15)19)22-18(28)21-11-5-3-10(4-6-11)20-17(25)14-9-29-24-23-14/h3-9H,1-2H3,(H,20,25)(H2,21,22,28).